The summed E-state index contributed by atoms with van der Waals surface area (Å²) in [4.78, 5) is 1.54. The molecule has 0 aromatic carbocycles. The minimum atomic E-state index is 0.841. The topological polar surface area (TPSA) is 12.0 Å². The van der Waals surface area contributed by atoms with Gasteiger partial charge in [0.2, 0.25) is 0 Å². The third kappa shape index (κ3) is 4.30. The van der Waals surface area contributed by atoms with Gasteiger partial charge in [-0.05, 0) is 84.9 Å². The van der Waals surface area contributed by atoms with Gasteiger partial charge in [-0.2, -0.15) is 0 Å². The second kappa shape index (κ2) is 7.24. The van der Waals surface area contributed by atoms with Crippen molar-refractivity contribution in [3.05, 3.63) is 20.8 Å². The number of rotatable bonds is 5. The lowest BCUT2D eigenvalue weighted by atomic mass is 9.69. The maximum absolute atomic E-state index is 3.58. The van der Waals surface area contributed by atoms with Crippen molar-refractivity contribution in [2.45, 2.75) is 39.5 Å². The molecule has 0 amide bonds. The first-order valence-corrected chi connectivity index (χ1v) is 9.15. The Labute approximate surface area is 130 Å². The Balaban J connectivity index is 2.02. The Kier molecular flexibility index (Phi) is 5.91. The highest BCUT2D eigenvalue weighted by molar-refractivity contribution is 9.10. The smallest absolute Gasteiger partial charge is 0.0285 e. The van der Waals surface area contributed by atoms with Gasteiger partial charge in [0.05, 0.1) is 0 Å². The molecule has 19 heavy (non-hydrogen) atoms. The fraction of sp³-hybridized carbons (Fsp3) is 0.750. The molecule has 3 heteroatoms. The van der Waals surface area contributed by atoms with Gasteiger partial charge >= 0.3 is 0 Å². The highest BCUT2D eigenvalue weighted by Gasteiger charge is 2.31. The second-order valence-electron chi connectivity index (χ2n) is 6.33. The summed E-state index contributed by atoms with van der Waals surface area (Å²) in [6.45, 7) is 5.96. The molecule has 1 aliphatic carbocycles. The van der Waals surface area contributed by atoms with Crippen LogP contribution in [0.4, 0.5) is 0 Å². The highest BCUT2D eigenvalue weighted by Crippen LogP contribution is 2.39. The Hall–Kier alpha value is 0.140. The van der Waals surface area contributed by atoms with Crippen LogP contribution in [0, 0.1) is 23.7 Å². The molecule has 3 unspecified atom stereocenters. The molecule has 1 aliphatic rings. The van der Waals surface area contributed by atoms with Crippen LogP contribution in [0.1, 0.15) is 38.0 Å². The zero-order chi connectivity index (χ0) is 13.8. The van der Waals surface area contributed by atoms with Gasteiger partial charge in [0.25, 0.3) is 0 Å². The lowest BCUT2D eigenvalue weighted by Crippen LogP contribution is -2.34. The van der Waals surface area contributed by atoms with Crippen molar-refractivity contribution < 1.29 is 0 Å². The summed E-state index contributed by atoms with van der Waals surface area (Å²) in [7, 11) is 2.09. The van der Waals surface area contributed by atoms with Crippen molar-refractivity contribution in [1.82, 2.24) is 5.32 Å². The zero-order valence-electron chi connectivity index (χ0n) is 12.3. The molecular formula is C16H26BrNS. The van der Waals surface area contributed by atoms with E-state index in [1.165, 1.54) is 36.7 Å². The van der Waals surface area contributed by atoms with Crippen LogP contribution in [0.25, 0.3) is 0 Å². The van der Waals surface area contributed by atoms with Crippen molar-refractivity contribution in [2.24, 2.45) is 23.7 Å². The standard InChI is InChI=1S/C16H26BrNS/c1-11(2)12-4-5-13(9-18-3)14(6-12)7-16-8-15(17)10-19-16/h8,10-14,18H,4-7,9H2,1-3H3. The summed E-state index contributed by atoms with van der Waals surface area (Å²) in [6, 6.07) is 2.31. The lowest BCUT2D eigenvalue weighted by Gasteiger charge is -2.38. The number of hydrogen-bond acceptors (Lipinski definition) is 2. The van der Waals surface area contributed by atoms with Gasteiger partial charge in [-0.3, -0.25) is 0 Å². The van der Waals surface area contributed by atoms with E-state index >= 15 is 0 Å². The number of thiophene rings is 1. The summed E-state index contributed by atoms with van der Waals surface area (Å²) in [5.74, 6) is 3.50. The van der Waals surface area contributed by atoms with Crippen molar-refractivity contribution in [3.63, 3.8) is 0 Å². The van der Waals surface area contributed by atoms with E-state index in [4.69, 9.17) is 0 Å². The molecule has 1 N–H and O–H groups in total. The summed E-state index contributed by atoms with van der Waals surface area (Å²) in [5.41, 5.74) is 0. The third-order valence-corrected chi connectivity index (χ3v) is 6.39. The van der Waals surface area contributed by atoms with Crippen LogP contribution in [0.5, 0.6) is 0 Å². The van der Waals surface area contributed by atoms with E-state index in [-0.39, 0.29) is 0 Å². The first kappa shape index (κ1) is 15.5. The summed E-state index contributed by atoms with van der Waals surface area (Å²) >= 11 is 5.48. The molecule has 0 bridgehead atoms. The van der Waals surface area contributed by atoms with Crippen LogP contribution in [0.15, 0.2) is 15.9 Å². The first-order valence-electron chi connectivity index (χ1n) is 7.47. The predicted molar refractivity (Wildman–Crippen MR) is 88.8 cm³/mol. The Bertz CT molecular complexity index is 388. The van der Waals surface area contributed by atoms with Gasteiger partial charge in [-0.15, -0.1) is 11.3 Å². The monoisotopic (exact) mass is 343 g/mol. The van der Waals surface area contributed by atoms with E-state index in [2.05, 4.69) is 53.6 Å². The molecule has 0 spiro atoms. The molecule has 1 nitrogen and oxygen atoms in total. The summed E-state index contributed by atoms with van der Waals surface area (Å²) < 4.78 is 1.24. The second-order valence-corrected chi connectivity index (χ2v) is 8.24. The first-order chi connectivity index (χ1) is 9.10. The molecular weight excluding hydrogens is 318 g/mol. The molecule has 1 aromatic rings. The zero-order valence-corrected chi connectivity index (χ0v) is 14.7. The average molecular weight is 344 g/mol. The molecule has 108 valence electrons. The maximum Gasteiger partial charge on any atom is 0.0285 e. The summed E-state index contributed by atoms with van der Waals surface area (Å²) in [5, 5.41) is 5.61. The number of hydrogen-bond donors (Lipinski definition) is 1. The molecule has 1 fully saturated rings. The van der Waals surface area contributed by atoms with Gasteiger partial charge in [-0.25, -0.2) is 0 Å². The Morgan fingerprint density at radius 3 is 2.74 bits per heavy atom. The fourth-order valence-electron chi connectivity index (χ4n) is 3.47. The Morgan fingerprint density at radius 2 is 2.16 bits per heavy atom. The molecule has 0 radical (unpaired) electrons. The van der Waals surface area contributed by atoms with Gasteiger partial charge in [0, 0.05) is 14.7 Å². The van der Waals surface area contributed by atoms with Gasteiger partial charge in [0.15, 0.2) is 0 Å². The van der Waals surface area contributed by atoms with Crippen LogP contribution in [0.3, 0.4) is 0 Å². The van der Waals surface area contributed by atoms with Gasteiger partial charge in [-0.1, -0.05) is 13.8 Å². The number of nitrogens with one attached hydrogen (secondary N) is 1. The minimum absolute atomic E-state index is 0.841. The van der Waals surface area contributed by atoms with Crippen molar-refractivity contribution in [2.75, 3.05) is 13.6 Å². The molecule has 0 saturated heterocycles. The third-order valence-electron chi connectivity index (χ3n) is 4.67. The van der Waals surface area contributed by atoms with Gasteiger partial charge in [0.1, 0.15) is 0 Å². The quantitative estimate of drug-likeness (QED) is 0.796. The SMILES string of the molecule is CNCC1CCC(C(C)C)CC1Cc1cc(Br)cs1. The normalized spacial score (nSPS) is 27.9. The van der Waals surface area contributed by atoms with E-state index in [9.17, 15) is 0 Å². The van der Waals surface area contributed by atoms with Crippen molar-refractivity contribution in [1.29, 1.82) is 0 Å². The highest BCUT2D eigenvalue weighted by atomic mass is 79.9. The van der Waals surface area contributed by atoms with E-state index in [1.54, 1.807) is 4.88 Å². The number of halogens is 1. The van der Waals surface area contributed by atoms with E-state index in [0.717, 1.165) is 23.7 Å². The van der Waals surface area contributed by atoms with Crippen molar-refractivity contribution >= 4 is 27.3 Å². The largest absolute Gasteiger partial charge is 0.319 e. The lowest BCUT2D eigenvalue weighted by molar-refractivity contribution is 0.147. The Morgan fingerprint density at radius 1 is 1.37 bits per heavy atom. The van der Waals surface area contributed by atoms with Crippen LogP contribution < -0.4 is 5.32 Å². The molecule has 1 saturated carbocycles. The maximum atomic E-state index is 3.58. The predicted octanol–water partition coefficient (Wildman–Crippen LogP) is 4.96. The van der Waals surface area contributed by atoms with Crippen molar-refractivity contribution in [3.8, 4) is 0 Å². The van der Waals surface area contributed by atoms with E-state index in [0.29, 0.717) is 0 Å². The summed E-state index contributed by atoms with van der Waals surface area (Å²) in [6.07, 6.45) is 5.51. The van der Waals surface area contributed by atoms with Crippen LogP contribution in [0.2, 0.25) is 0 Å². The fourth-order valence-corrected chi connectivity index (χ4v) is 5.01. The van der Waals surface area contributed by atoms with Crippen LogP contribution >= 0.6 is 27.3 Å². The molecule has 1 heterocycles. The molecule has 0 aliphatic heterocycles. The minimum Gasteiger partial charge on any atom is -0.319 e. The molecule has 1 aromatic heterocycles. The average Bonchev–Trinajstić information content (AvgIpc) is 2.77. The van der Waals surface area contributed by atoms with Crippen LogP contribution in [-0.2, 0) is 6.42 Å². The van der Waals surface area contributed by atoms with Gasteiger partial charge < -0.3 is 5.32 Å². The van der Waals surface area contributed by atoms with Crippen LogP contribution in [-0.4, -0.2) is 13.6 Å². The molecule has 3 atom stereocenters. The van der Waals surface area contributed by atoms with E-state index in [1.807, 2.05) is 11.3 Å². The van der Waals surface area contributed by atoms with E-state index < -0.39 is 0 Å². The molecule has 2 rings (SSSR count).